The summed E-state index contributed by atoms with van der Waals surface area (Å²) in [5.41, 5.74) is 0.489. The minimum Gasteiger partial charge on any atom is -0.389 e. The van der Waals surface area contributed by atoms with Crippen LogP contribution in [0, 0.1) is 24.4 Å². The molecule has 1 aromatic carbocycles. The summed E-state index contributed by atoms with van der Waals surface area (Å²) >= 11 is 0. The van der Waals surface area contributed by atoms with Crippen LogP contribution in [-0.2, 0) is 0 Å². The van der Waals surface area contributed by atoms with Crippen LogP contribution in [0.4, 0.5) is 13.2 Å². The molecule has 17 heavy (non-hydrogen) atoms. The number of pyridine rings is 1. The van der Waals surface area contributed by atoms with Crippen molar-refractivity contribution >= 4 is 10.9 Å². The molecule has 0 aliphatic carbocycles. The highest BCUT2D eigenvalue weighted by molar-refractivity contribution is 5.83. The topological polar surface area (TPSA) is 33.1 Å². The highest BCUT2D eigenvalue weighted by atomic mass is 19.2. The van der Waals surface area contributed by atoms with Crippen molar-refractivity contribution in [1.82, 2.24) is 4.98 Å². The Balaban J connectivity index is 2.94. The SMILES string of the molecule is Cc1cc(C(C)O)c2cc(F)c(F)c(F)c2n1. The van der Waals surface area contributed by atoms with Gasteiger partial charge in [-0.1, -0.05) is 0 Å². The second-order valence-corrected chi connectivity index (χ2v) is 3.91. The van der Waals surface area contributed by atoms with Crippen molar-refractivity contribution in [3.63, 3.8) is 0 Å². The minimum atomic E-state index is -1.55. The first kappa shape index (κ1) is 11.9. The van der Waals surface area contributed by atoms with Gasteiger partial charge in [-0.2, -0.15) is 0 Å². The maximum absolute atomic E-state index is 13.5. The van der Waals surface area contributed by atoms with Crippen molar-refractivity contribution in [2.75, 3.05) is 0 Å². The number of fused-ring (bicyclic) bond motifs is 1. The van der Waals surface area contributed by atoms with Gasteiger partial charge in [0.15, 0.2) is 17.5 Å². The van der Waals surface area contributed by atoms with Crippen LogP contribution < -0.4 is 0 Å². The minimum absolute atomic E-state index is 0.0852. The number of aliphatic hydroxyl groups excluding tert-OH is 1. The van der Waals surface area contributed by atoms with Crippen molar-refractivity contribution in [3.8, 4) is 0 Å². The van der Waals surface area contributed by atoms with Crippen molar-refractivity contribution in [2.45, 2.75) is 20.0 Å². The van der Waals surface area contributed by atoms with E-state index in [-0.39, 0.29) is 10.9 Å². The molecular formula is C12H10F3NO. The molecule has 1 heterocycles. The molecule has 0 aliphatic heterocycles. The number of aryl methyl sites for hydroxylation is 1. The van der Waals surface area contributed by atoms with Gasteiger partial charge in [0, 0.05) is 11.1 Å². The van der Waals surface area contributed by atoms with Gasteiger partial charge in [-0.3, -0.25) is 0 Å². The summed E-state index contributed by atoms with van der Waals surface area (Å²) in [6, 6.07) is 2.37. The summed E-state index contributed by atoms with van der Waals surface area (Å²) in [6.07, 6.45) is -0.913. The molecule has 0 radical (unpaired) electrons. The van der Waals surface area contributed by atoms with E-state index in [0.717, 1.165) is 6.07 Å². The van der Waals surface area contributed by atoms with E-state index in [4.69, 9.17) is 0 Å². The highest BCUT2D eigenvalue weighted by Crippen LogP contribution is 2.28. The Morgan fingerprint density at radius 2 is 1.82 bits per heavy atom. The van der Waals surface area contributed by atoms with Gasteiger partial charge in [-0.15, -0.1) is 0 Å². The lowest BCUT2D eigenvalue weighted by molar-refractivity contribution is 0.200. The number of benzene rings is 1. The van der Waals surface area contributed by atoms with Crippen molar-refractivity contribution in [2.24, 2.45) is 0 Å². The van der Waals surface area contributed by atoms with Crippen LogP contribution in [0.15, 0.2) is 12.1 Å². The Morgan fingerprint density at radius 3 is 2.41 bits per heavy atom. The van der Waals surface area contributed by atoms with Gasteiger partial charge in [0.05, 0.1) is 6.10 Å². The lowest BCUT2D eigenvalue weighted by Crippen LogP contribution is -2.01. The zero-order valence-corrected chi connectivity index (χ0v) is 9.26. The summed E-state index contributed by atoms with van der Waals surface area (Å²) in [5, 5.41) is 9.62. The Morgan fingerprint density at radius 1 is 1.18 bits per heavy atom. The van der Waals surface area contributed by atoms with Crippen LogP contribution in [0.3, 0.4) is 0 Å². The molecule has 0 amide bonds. The van der Waals surface area contributed by atoms with Crippen LogP contribution in [-0.4, -0.2) is 10.1 Å². The van der Waals surface area contributed by atoms with Gasteiger partial charge < -0.3 is 5.11 Å². The molecule has 0 saturated carbocycles. The predicted molar refractivity (Wildman–Crippen MR) is 57.0 cm³/mol. The third-order valence-corrected chi connectivity index (χ3v) is 2.55. The number of aromatic nitrogens is 1. The fourth-order valence-electron chi connectivity index (χ4n) is 1.77. The van der Waals surface area contributed by atoms with E-state index in [2.05, 4.69) is 4.98 Å². The standard InChI is InChI=1S/C12H10F3NO/c1-5-3-7(6(2)17)8-4-9(13)10(14)11(15)12(8)16-5/h3-4,6,17H,1-2H3. The molecule has 0 spiro atoms. The smallest absolute Gasteiger partial charge is 0.196 e. The molecule has 90 valence electrons. The fraction of sp³-hybridized carbons (Fsp3) is 0.250. The summed E-state index contributed by atoms with van der Waals surface area (Å²) in [4.78, 5) is 3.83. The molecule has 0 saturated heterocycles. The summed E-state index contributed by atoms with van der Waals surface area (Å²) in [6.45, 7) is 3.05. The largest absolute Gasteiger partial charge is 0.389 e. The lowest BCUT2D eigenvalue weighted by Gasteiger charge is -2.11. The van der Waals surface area contributed by atoms with E-state index in [9.17, 15) is 18.3 Å². The normalized spacial score (nSPS) is 13.1. The maximum atomic E-state index is 13.5. The van der Waals surface area contributed by atoms with Gasteiger partial charge in [-0.25, -0.2) is 18.2 Å². The summed E-state index contributed by atoms with van der Waals surface area (Å²) in [5.74, 6) is -4.17. The van der Waals surface area contributed by atoms with E-state index >= 15 is 0 Å². The van der Waals surface area contributed by atoms with E-state index in [1.807, 2.05) is 0 Å². The molecule has 0 bridgehead atoms. The van der Waals surface area contributed by atoms with Crippen LogP contribution in [0.1, 0.15) is 24.3 Å². The van der Waals surface area contributed by atoms with Crippen LogP contribution in [0.25, 0.3) is 10.9 Å². The molecule has 1 unspecified atom stereocenters. The van der Waals surface area contributed by atoms with Crippen molar-refractivity contribution < 1.29 is 18.3 Å². The summed E-state index contributed by atoms with van der Waals surface area (Å²) < 4.78 is 39.7. The Bertz CT molecular complexity index is 596. The van der Waals surface area contributed by atoms with Gasteiger partial charge >= 0.3 is 0 Å². The molecule has 2 aromatic rings. The van der Waals surface area contributed by atoms with Gasteiger partial charge in [0.25, 0.3) is 0 Å². The number of hydrogen-bond donors (Lipinski definition) is 1. The van der Waals surface area contributed by atoms with E-state index in [1.165, 1.54) is 13.0 Å². The van der Waals surface area contributed by atoms with Crippen LogP contribution >= 0.6 is 0 Å². The highest BCUT2D eigenvalue weighted by Gasteiger charge is 2.18. The van der Waals surface area contributed by atoms with Gasteiger partial charge in [-0.05, 0) is 31.5 Å². The zero-order valence-electron chi connectivity index (χ0n) is 9.26. The monoisotopic (exact) mass is 241 g/mol. The van der Waals surface area contributed by atoms with E-state index in [0.29, 0.717) is 11.3 Å². The number of hydrogen-bond acceptors (Lipinski definition) is 2. The third kappa shape index (κ3) is 1.86. The molecule has 1 aromatic heterocycles. The Kier molecular flexibility index (Phi) is 2.79. The first-order chi connectivity index (χ1) is 7.91. The van der Waals surface area contributed by atoms with Gasteiger partial charge in [0.1, 0.15) is 5.52 Å². The molecule has 5 heteroatoms. The quantitative estimate of drug-likeness (QED) is 0.778. The second-order valence-electron chi connectivity index (χ2n) is 3.91. The van der Waals surface area contributed by atoms with Crippen molar-refractivity contribution in [1.29, 1.82) is 0 Å². The Labute approximate surface area is 95.7 Å². The fourth-order valence-corrected chi connectivity index (χ4v) is 1.77. The number of nitrogens with zero attached hydrogens (tertiary/aromatic N) is 1. The average Bonchev–Trinajstić information content (AvgIpc) is 2.26. The lowest BCUT2D eigenvalue weighted by atomic mass is 10.0. The summed E-state index contributed by atoms with van der Waals surface area (Å²) in [7, 11) is 0. The number of rotatable bonds is 1. The van der Waals surface area contributed by atoms with Crippen LogP contribution in [0.2, 0.25) is 0 Å². The average molecular weight is 241 g/mol. The van der Waals surface area contributed by atoms with E-state index < -0.39 is 23.6 Å². The zero-order chi connectivity index (χ0) is 12.7. The van der Waals surface area contributed by atoms with Crippen molar-refractivity contribution in [3.05, 3.63) is 40.8 Å². The first-order valence-corrected chi connectivity index (χ1v) is 5.04. The predicted octanol–water partition coefficient (Wildman–Crippen LogP) is 3.01. The second kappa shape index (κ2) is 4.00. The van der Waals surface area contributed by atoms with Crippen LogP contribution in [0.5, 0.6) is 0 Å². The molecule has 1 N–H and O–H groups in total. The third-order valence-electron chi connectivity index (χ3n) is 2.55. The molecule has 1 atom stereocenters. The molecular weight excluding hydrogens is 231 g/mol. The molecule has 0 fully saturated rings. The number of halogens is 3. The van der Waals surface area contributed by atoms with Gasteiger partial charge in [0.2, 0.25) is 0 Å². The molecule has 2 nitrogen and oxygen atoms in total. The number of aliphatic hydroxyl groups is 1. The molecule has 2 rings (SSSR count). The Hall–Kier alpha value is -1.62. The maximum Gasteiger partial charge on any atom is 0.196 e. The van der Waals surface area contributed by atoms with E-state index in [1.54, 1.807) is 6.92 Å². The first-order valence-electron chi connectivity index (χ1n) is 5.04. The molecule has 0 aliphatic rings.